The van der Waals surface area contributed by atoms with Crippen LogP contribution in [0.2, 0.25) is 0 Å². The molecule has 1 unspecified atom stereocenters. The number of amides is 1. The van der Waals surface area contributed by atoms with Crippen LogP contribution in [0.25, 0.3) is 0 Å². The molecule has 1 amide bonds. The van der Waals surface area contributed by atoms with Crippen LogP contribution >= 0.6 is 35.3 Å². The fourth-order valence-corrected chi connectivity index (χ4v) is 4.88. The monoisotopic (exact) mass is 330 g/mol. The quantitative estimate of drug-likeness (QED) is 0.596. The molecule has 3 rings (SSSR count). The summed E-state index contributed by atoms with van der Waals surface area (Å²) in [6.45, 7) is 0. The van der Waals surface area contributed by atoms with Crippen molar-refractivity contribution >= 4 is 47.1 Å². The smallest absolute Gasteiger partial charge is 0.352 e. The Morgan fingerprint density at radius 3 is 3.10 bits per heavy atom. The van der Waals surface area contributed by atoms with Crippen LogP contribution in [-0.4, -0.2) is 53.6 Å². The summed E-state index contributed by atoms with van der Waals surface area (Å²) in [7, 11) is 0. The van der Waals surface area contributed by atoms with Gasteiger partial charge in [-0.05, 0) is 5.57 Å². The second-order valence-corrected chi connectivity index (χ2v) is 6.88. The van der Waals surface area contributed by atoms with Gasteiger partial charge in [0.05, 0.1) is 17.9 Å². The van der Waals surface area contributed by atoms with Crippen molar-refractivity contribution in [1.29, 1.82) is 0 Å². The Morgan fingerprint density at radius 2 is 2.45 bits per heavy atom. The highest BCUT2D eigenvalue weighted by molar-refractivity contribution is 8.01. The van der Waals surface area contributed by atoms with E-state index in [1.54, 1.807) is 6.20 Å². The van der Waals surface area contributed by atoms with Crippen LogP contribution in [0.1, 0.15) is 0 Å². The first kappa shape index (κ1) is 13.9. The minimum absolute atomic E-state index is 0.0798. The van der Waals surface area contributed by atoms with Crippen molar-refractivity contribution in [3.05, 3.63) is 17.5 Å². The number of carboxylic acid groups (broad SMARTS) is 1. The van der Waals surface area contributed by atoms with Gasteiger partial charge in [-0.3, -0.25) is 9.69 Å². The second kappa shape index (κ2) is 5.35. The maximum absolute atomic E-state index is 11.8. The molecule has 2 aliphatic rings. The van der Waals surface area contributed by atoms with Crippen LogP contribution in [0.3, 0.4) is 0 Å². The highest BCUT2D eigenvalue weighted by atomic mass is 32.2. The van der Waals surface area contributed by atoms with Crippen molar-refractivity contribution in [2.45, 2.75) is 16.4 Å². The largest absolute Gasteiger partial charge is 0.477 e. The Labute approximate surface area is 126 Å². The maximum atomic E-state index is 11.8. The third kappa shape index (κ3) is 2.22. The number of rotatable bonds is 4. The Balaban J connectivity index is 1.82. The molecule has 0 saturated carbocycles. The predicted octanol–water partition coefficient (Wildman–Crippen LogP) is 0.211. The number of carboxylic acids is 1. The molecule has 1 fully saturated rings. The van der Waals surface area contributed by atoms with Gasteiger partial charge in [-0.2, -0.15) is 8.75 Å². The lowest BCUT2D eigenvalue weighted by Gasteiger charge is -2.48. The van der Waals surface area contributed by atoms with Gasteiger partial charge in [0.2, 0.25) is 5.91 Å². The molecule has 1 saturated heterocycles. The lowest BCUT2D eigenvalue weighted by atomic mass is 10.0. The van der Waals surface area contributed by atoms with Crippen molar-refractivity contribution < 1.29 is 14.7 Å². The van der Waals surface area contributed by atoms with E-state index in [2.05, 4.69) is 8.75 Å². The molecule has 0 bridgehead atoms. The van der Waals surface area contributed by atoms with Crippen LogP contribution in [0.5, 0.6) is 0 Å². The molecule has 106 valence electrons. The fourth-order valence-electron chi connectivity index (χ4n) is 2.07. The molecule has 2 atom stereocenters. The molecule has 10 heteroatoms. The van der Waals surface area contributed by atoms with Gasteiger partial charge in [0.1, 0.15) is 22.1 Å². The Morgan fingerprint density at radius 1 is 1.65 bits per heavy atom. The molecular weight excluding hydrogens is 320 g/mol. The van der Waals surface area contributed by atoms with E-state index >= 15 is 0 Å². The molecule has 3 N–H and O–H groups in total. The first-order valence-corrected chi connectivity index (χ1v) is 8.42. The van der Waals surface area contributed by atoms with Gasteiger partial charge in [-0.25, -0.2) is 4.79 Å². The Hall–Kier alpha value is -1.10. The number of β-lactam (4-membered cyclic amide) rings is 1. The van der Waals surface area contributed by atoms with E-state index < -0.39 is 12.0 Å². The molecule has 20 heavy (non-hydrogen) atoms. The van der Waals surface area contributed by atoms with E-state index in [1.165, 1.54) is 28.4 Å². The number of hydrogen-bond donors (Lipinski definition) is 2. The van der Waals surface area contributed by atoms with E-state index in [1.807, 2.05) is 0 Å². The van der Waals surface area contributed by atoms with Gasteiger partial charge >= 0.3 is 5.97 Å². The standard InChI is InChI=1S/C10H10N4O3S3/c11-6-8(15)14-7(10(16)17)4(3-19-9(6)14)2-18-5-1-12-20-13-5/h1,6,9H,2-3,11H2,(H,16,17)/t6?,9-/m0/s1. The number of carbonyl (C=O) groups excluding carboxylic acids is 1. The number of aromatic nitrogens is 2. The van der Waals surface area contributed by atoms with Crippen molar-refractivity contribution in [2.75, 3.05) is 11.5 Å². The van der Waals surface area contributed by atoms with Crippen LogP contribution in [0.4, 0.5) is 0 Å². The summed E-state index contributed by atoms with van der Waals surface area (Å²) in [5.74, 6) is -0.361. The summed E-state index contributed by atoms with van der Waals surface area (Å²) in [6.07, 6.45) is 1.64. The van der Waals surface area contributed by atoms with E-state index in [0.717, 1.165) is 22.3 Å². The van der Waals surface area contributed by atoms with Crippen molar-refractivity contribution in [3.8, 4) is 0 Å². The summed E-state index contributed by atoms with van der Waals surface area (Å²) in [5, 5.41) is 9.86. The van der Waals surface area contributed by atoms with Gasteiger partial charge in [0.25, 0.3) is 0 Å². The van der Waals surface area contributed by atoms with E-state index in [4.69, 9.17) is 5.73 Å². The molecule has 0 radical (unpaired) electrons. The number of thioether (sulfide) groups is 2. The fraction of sp³-hybridized carbons (Fsp3) is 0.400. The molecule has 0 aromatic carbocycles. The lowest BCUT2D eigenvalue weighted by Crippen LogP contribution is -2.68. The number of fused-ring (bicyclic) bond motifs is 1. The number of nitrogens with zero attached hydrogens (tertiary/aromatic N) is 3. The topological polar surface area (TPSA) is 109 Å². The highest BCUT2D eigenvalue weighted by Gasteiger charge is 2.51. The third-order valence-corrected chi connectivity index (χ3v) is 5.97. The predicted molar refractivity (Wildman–Crippen MR) is 76.4 cm³/mol. The van der Waals surface area contributed by atoms with Gasteiger partial charge in [0.15, 0.2) is 0 Å². The normalized spacial score (nSPS) is 25.4. The third-order valence-electron chi connectivity index (χ3n) is 3.03. The van der Waals surface area contributed by atoms with Gasteiger partial charge in [0, 0.05) is 11.5 Å². The van der Waals surface area contributed by atoms with Crippen molar-refractivity contribution in [3.63, 3.8) is 0 Å². The summed E-state index contributed by atoms with van der Waals surface area (Å²) in [4.78, 5) is 24.5. The van der Waals surface area contributed by atoms with Crippen LogP contribution in [0, 0.1) is 0 Å². The van der Waals surface area contributed by atoms with Gasteiger partial charge in [-0.15, -0.1) is 11.8 Å². The van der Waals surface area contributed by atoms with Crippen molar-refractivity contribution in [1.82, 2.24) is 13.6 Å². The van der Waals surface area contributed by atoms with Crippen LogP contribution in [0.15, 0.2) is 22.5 Å². The van der Waals surface area contributed by atoms with Crippen LogP contribution < -0.4 is 5.73 Å². The van der Waals surface area contributed by atoms with E-state index in [0.29, 0.717) is 11.5 Å². The average molecular weight is 330 g/mol. The first-order chi connectivity index (χ1) is 9.59. The zero-order valence-corrected chi connectivity index (χ0v) is 12.5. The summed E-state index contributed by atoms with van der Waals surface area (Å²) >= 11 is 4.03. The Kier molecular flexibility index (Phi) is 3.71. The minimum atomic E-state index is -1.08. The summed E-state index contributed by atoms with van der Waals surface area (Å²) < 4.78 is 7.95. The minimum Gasteiger partial charge on any atom is -0.477 e. The lowest BCUT2D eigenvalue weighted by molar-refractivity contribution is -0.147. The molecule has 1 aromatic rings. The highest BCUT2D eigenvalue weighted by Crippen LogP contribution is 2.40. The van der Waals surface area contributed by atoms with Crippen molar-refractivity contribution in [2.24, 2.45) is 5.73 Å². The maximum Gasteiger partial charge on any atom is 0.352 e. The van der Waals surface area contributed by atoms with Gasteiger partial charge in [-0.1, -0.05) is 11.8 Å². The number of carbonyl (C=O) groups is 2. The molecule has 3 heterocycles. The molecule has 0 aliphatic carbocycles. The molecule has 7 nitrogen and oxygen atoms in total. The van der Waals surface area contributed by atoms with E-state index in [-0.39, 0.29) is 17.0 Å². The zero-order valence-electron chi connectivity index (χ0n) is 10.1. The van der Waals surface area contributed by atoms with E-state index in [9.17, 15) is 14.7 Å². The molecule has 0 spiro atoms. The number of nitrogens with two attached hydrogens (primary N) is 1. The molecule has 1 aromatic heterocycles. The summed E-state index contributed by atoms with van der Waals surface area (Å²) in [5.41, 5.74) is 6.49. The molecular formula is C10H10N4O3S3. The number of hydrogen-bond acceptors (Lipinski definition) is 8. The molecule has 2 aliphatic heterocycles. The van der Waals surface area contributed by atoms with Gasteiger partial charge < -0.3 is 10.8 Å². The SMILES string of the molecule is NC1C(=O)N2C(C(=O)O)=C(CSc3cnsn3)CS[C@@H]12. The summed E-state index contributed by atoms with van der Waals surface area (Å²) in [6, 6.07) is -0.591. The zero-order chi connectivity index (χ0) is 14.3. The number of aliphatic carboxylic acids is 1. The first-order valence-electron chi connectivity index (χ1n) is 5.65. The second-order valence-electron chi connectivity index (χ2n) is 4.23. The van der Waals surface area contributed by atoms with Crippen LogP contribution in [-0.2, 0) is 9.59 Å². The Bertz CT molecular complexity index is 589. The average Bonchev–Trinajstić information content (AvgIpc) is 2.96.